The summed E-state index contributed by atoms with van der Waals surface area (Å²) >= 11 is 0. The smallest absolute Gasteiger partial charge is 0.150 e. The Labute approximate surface area is 112 Å². The summed E-state index contributed by atoms with van der Waals surface area (Å²) in [6.45, 7) is 0.913. The molecule has 0 aromatic heterocycles. The van der Waals surface area contributed by atoms with Crippen molar-refractivity contribution >= 4 is 6.29 Å². The molecule has 98 valence electrons. The van der Waals surface area contributed by atoms with Crippen LogP contribution >= 0.6 is 0 Å². The molecule has 3 nitrogen and oxygen atoms in total. The van der Waals surface area contributed by atoms with Crippen LogP contribution in [0.4, 0.5) is 0 Å². The van der Waals surface area contributed by atoms with Crippen LogP contribution in [0.25, 0.3) is 0 Å². The molecule has 2 aromatic carbocycles. The highest BCUT2D eigenvalue weighted by atomic mass is 16.5. The third kappa shape index (κ3) is 3.66. The molecule has 2 rings (SSSR count). The molecule has 0 saturated carbocycles. The van der Waals surface area contributed by atoms with E-state index in [1.165, 1.54) is 0 Å². The predicted octanol–water partition coefficient (Wildman–Crippen LogP) is 3.22. The summed E-state index contributed by atoms with van der Waals surface area (Å²) in [5.74, 6) is 0.726. The molecular weight excluding hydrogens is 240 g/mol. The third-order valence-electron chi connectivity index (χ3n) is 2.85. The molecule has 0 fully saturated rings. The van der Waals surface area contributed by atoms with E-state index in [9.17, 15) is 4.79 Å². The fourth-order valence-electron chi connectivity index (χ4n) is 1.80. The second kappa shape index (κ2) is 6.71. The van der Waals surface area contributed by atoms with Crippen LogP contribution in [0, 0.1) is 0 Å². The number of hydrogen-bond donors (Lipinski definition) is 0. The molecule has 19 heavy (non-hydrogen) atoms. The first-order valence-electron chi connectivity index (χ1n) is 6.07. The van der Waals surface area contributed by atoms with Crippen molar-refractivity contribution in [3.63, 3.8) is 0 Å². The van der Waals surface area contributed by atoms with Gasteiger partial charge in [-0.15, -0.1) is 0 Å². The van der Waals surface area contributed by atoms with E-state index in [2.05, 4.69) is 0 Å². The highest BCUT2D eigenvalue weighted by Crippen LogP contribution is 2.18. The van der Waals surface area contributed by atoms with E-state index in [0.29, 0.717) is 18.8 Å². The van der Waals surface area contributed by atoms with Gasteiger partial charge in [-0.2, -0.15) is 0 Å². The quantitative estimate of drug-likeness (QED) is 0.744. The molecule has 0 unspecified atom stereocenters. The van der Waals surface area contributed by atoms with Gasteiger partial charge in [0.1, 0.15) is 12.0 Å². The van der Waals surface area contributed by atoms with Gasteiger partial charge in [0.05, 0.1) is 20.3 Å². The minimum atomic E-state index is 0.389. The van der Waals surface area contributed by atoms with Crippen LogP contribution in [0.1, 0.15) is 21.5 Å². The number of methoxy groups -OCH3 is 1. The van der Waals surface area contributed by atoms with Gasteiger partial charge in [0.15, 0.2) is 0 Å². The number of hydrogen-bond acceptors (Lipinski definition) is 3. The molecule has 0 bridgehead atoms. The van der Waals surface area contributed by atoms with Gasteiger partial charge < -0.3 is 9.47 Å². The van der Waals surface area contributed by atoms with Crippen molar-refractivity contribution in [2.75, 3.05) is 7.11 Å². The van der Waals surface area contributed by atoms with Gasteiger partial charge in [0, 0.05) is 5.56 Å². The maximum atomic E-state index is 11.0. The van der Waals surface area contributed by atoms with Gasteiger partial charge >= 0.3 is 0 Å². The van der Waals surface area contributed by atoms with Crippen LogP contribution in [0.15, 0.2) is 48.5 Å². The predicted molar refractivity (Wildman–Crippen MR) is 73.3 cm³/mol. The van der Waals surface area contributed by atoms with Crippen molar-refractivity contribution in [2.24, 2.45) is 0 Å². The molecule has 0 aliphatic carbocycles. The molecule has 0 spiro atoms. The molecule has 0 atom stereocenters. The van der Waals surface area contributed by atoms with E-state index in [1.54, 1.807) is 19.2 Å². The van der Waals surface area contributed by atoms with Crippen molar-refractivity contribution in [1.82, 2.24) is 0 Å². The standard InChI is InChI=1S/C16H16O3/c1-18-16-8-7-14(10-17)15(9-16)12-19-11-13-5-3-2-4-6-13/h2-10H,11-12H2,1H3. The minimum Gasteiger partial charge on any atom is -0.497 e. The topological polar surface area (TPSA) is 35.5 Å². The maximum absolute atomic E-state index is 11.0. The molecule has 0 amide bonds. The van der Waals surface area contributed by atoms with Crippen LogP contribution in [0.2, 0.25) is 0 Å². The lowest BCUT2D eigenvalue weighted by Crippen LogP contribution is -1.99. The fourth-order valence-corrected chi connectivity index (χ4v) is 1.80. The lowest BCUT2D eigenvalue weighted by atomic mass is 10.1. The van der Waals surface area contributed by atoms with Crippen molar-refractivity contribution in [1.29, 1.82) is 0 Å². The van der Waals surface area contributed by atoms with Gasteiger partial charge in [0.2, 0.25) is 0 Å². The maximum Gasteiger partial charge on any atom is 0.150 e. The van der Waals surface area contributed by atoms with Crippen LogP contribution in [0.3, 0.4) is 0 Å². The monoisotopic (exact) mass is 256 g/mol. The Bertz CT molecular complexity index is 535. The Kier molecular flexibility index (Phi) is 4.70. The lowest BCUT2D eigenvalue weighted by Gasteiger charge is -2.08. The van der Waals surface area contributed by atoms with E-state index in [1.807, 2.05) is 36.4 Å². The van der Waals surface area contributed by atoms with Gasteiger partial charge in [-0.05, 0) is 29.3 Å². The Morgan fingerprint density at radius 3 is 2.53 bits per heavy atom. The highest BCUT2D eigenvalue weighted by molar-refractivity contribution is 5.77. The SMILES string of the molecule is COc1ccc(C=O)c(COCc2ccccc2)c1. The zero-order valence-corrected chi connectivity index (χ0v) is 10.8. The van der Waals surface area contributed by atoms with E-state index < -0.39 is 0 Å². The van der Waals surface area contributed by atoms with Crippen molar-refractivity contribution in [2.45, 2.75) is 13.2 Å². The lowest BCUT2D eigenvalue weighted by molar-refractivity contribution is 0.103. The number of carbonyl (C=O) groups excluding carboxylic acids is 1. The van der Waals surface area contributed by atoms with Gasteiger partial charge in [0.25, 0.3) is 0 Å². The number of ether oxygens (including phenoxy) is 2. The molecule has 0 heterocycles. The number of carbonyl (C=O) groups is 1. The van der Waals surface area contributed by atoms with E-state index in [0.717, 1.165) is 23.2 Å². The summed E-state index contributed by atoms with van der Waals surface area (Å²) in [6.07, 6.45) is 0.834. The molecule has 0 saturated heterocycles. The normalized spacial score (nSPS) is 10.2. The fraction of sp³-hybridized carbons (Fsp3) is 0.188. The summed E-state index contributed by atoms with van der Waals surface area (Å²) in [5.41, 5.74) is 2.58. The number of rotatable bonds is 6. The Balaban J connectivity index is 2.00. The summed E-state index contributed by atoms with van der Waals surface area (Å²) in [4.78, 5) is 11.0. The van der Waals surface area contributed by atoms with E-state index in [4.69, 9.17) is 9.47 Å². The second-order valence-electron chi connectivity index (χ2n) is 4.16. The summed E-state index contributed by atoms with van der Waals surface area (Å²) < 4.78 is 10.8. The molecule has 0 radical (unpaired) electrons. The molecule has 3 heteroatoms. The summed E-state index contributed by atoms with van der Waals surface area (Å²) in [7, 11) is 1.60. The average Bonchev–Trinajstić information content (AvgIpc) is 2.48. The third-order valence-corrected chi connectivity index (χ3v) is 2.85. The van der Waals surface area contributed by atoms with Crippen LogP contribution in [-0.2, 0) is 18.0 Å². The number of aldehydes is 1. The first-order chi connectivity index (χ1) is 9.33. The van der Waals surface area contributed by atoms with E-state index >= 15 is 0 Å². The van der Waals surface area contributed by atoms with Crippen LogP contribution in [-0.4, -0.2) is 13.4 Å². The van der Waals surface area contributed by atoms with Gasteiger partial charge in [-0.3, -0.25) is 4.79 Å². The molecular formula is C16H16O3. The zero-order valence-electron chi connectivity index (χ0n) is 10.8. The molecule has 0 aliphatic rings. The van der Waals surface area contributed by atoms with Crippen molar-refractivity contribution < 1.29 is 14.3 Å². The number of benzene rings is 2. The largest absolute Gasteiger partial charge is 0.497 e. The summed E-state index contributed by atoms with van der Waals surface area (Å²) in [5, 5.41) is 0. The molecule has 2 aromatic rings. The first-order valence-corrected chi connectivity index (χ1v) is 6.07. The molecule has 0 aliphatic heterocycles. The highest BCUT2D eigenvalue weighted by Gasteiger charge is 2.04. The zero-order chi connectivity index (χ0) is 13.5. The Morgan fingerprint density at radius 2 is 1.84 bits per heavy atom. The Hall–Kier alpha value is -2.13. The molecule has 0 N–H and O–H groups in total. The van der Waals surface area contributed by atoms with Gasteiger partial charge in [-0.1, -0.05) is 30.3 Å². The van der Waals surface area contributed by atoms with Crippen LogP contribution in [0.5, 0.6) is 5.75 Å². The van der Waals surface area contributed by atoms with Crippen molar-refractivity contribution in [3.8, 4) is 5.75 Å². The van der Waals surface area contributed by atoms with Gasteiger partial charge in [-0.25, -0.2) is 0 Å². The van der Waals surface area contributed by atoms with Crippen LogP contribution < -0.4 is 4.74 Å². The Morgan fingerprint density at radius 1 is 1.05 bits per heavy atom. The summed E-state index contributed by atoms with van der Waals surface area (Å²) in [6, 6.07) is 15.3. The average molecular weight is 256 g/mol. The van der Waals surface area contributed by atoms with E-state index in [-0.39, 0.29) is 0 Å². The minimum absolute atomic E-state index is 0.389. The van der Waals surface area contributed by atoms with Crippen molar-refractivity contribution in [3.05, 3.63) is 65.2 Å². The second-order valence-corrected chi connectivity index (χ2v) is 4.16. The first kappa shape index (κ1) is 13.3.